The van der Waals surface area contributed by atoms with Gasteiger partial charge >= 0.3 is 29.8 Å². The summed E-state index contributed by atoms with van der Waals surface area (Å²) in [5.74, 6) is -4.66. The van der Waals surface area contributed by atoms with E-state index in [-0.39, 0.29) is 36.7 Å². The Labute approximate surface area is 220 Å². The van der Waals surface area contributed by atoms with E-state index in [1.54, 1.807) is 6.92 Å². The molecule has 202 valence electrons. The molecule has 1 saturated heterocycles. The fraction of sp³-hybridized carbons (Fsp3) is 0.391. The number of amides is 5. The fourth-order valence-electron chi connectivity index (χ4n) is 4.11. The zero-order chi connectivity index (χ0) is 27.6. The molecule has 14 nitrogen and oxygen atoms in total. The van der Waals surface area contributed by atoms with E-state index in [4.69, 9.17) is 4.74 Å². The second kappa shape index (κ2) is 11.0. The Bertz CT molecular complexity index is 1220. The van der Waals surface area contributed by atoms with Crippen LogP contribution in [0.25, 0.3) is 0 Å². The number of phenols is 1. The normalized spacial score (nSPS) is 20.8. The van der Waals surface area contributed by atoms with Gasteiger partial charge in [-0.1, -0.05) is 12.1 Å². The first kappa shape index (κ1) is 26.8. The number of hydrogen-bond donors (Lipinski definition) is 5. The van der Waals surface area contributed by atoms with Crippen molar-refractivity contribution in [2.24, 2.45) is 0 Å². The number of phenolic OH excluding ortho intramolecular Hbond substituents is 1. The summed E-state index contributed by atoms with van der Waals surface area (Å²) in [6, 6.07) is 1.19. The number of aliphatic carboxylic acids is 1. The number of urea groups is 1. The van der Waals surface area contributed by atoms with Crippen molar-refractivity contribution >= 4 is 47.5 Å². The third-order valence-electron chi connectivity index (χ3n) is 6.22. The first-order valence-corrected chi connectivity index (χ1v) is 12.7. The molecule has 3 aliphatic rings. The number of hydrogen-bond acceptors (Lipinski definition) is 10. The smallest absolute Gasteiger partial charge is 0.354 e. The minimum atomic E-state index is -1.53. The summed E-state index contributed by atoms with van der Waals surface area (Å²) in [4.78, 5) is 77.1. The largest absolute Gasteiger partial charge is 0.508 e. The number of likely N-dealkylation sites (N-methyl/N-ethyl adjacent to an activating group) is 1. The first-order chi connectivity index (χ1) is 18.1. The van der Waals surface area contributed by atoms with Gasteiger partial charge in [-0.3, -0.25) is 19.3 Å². The van der Waals surface area contributed by atoms with Gasteiger partial charge in [0.25, 0.3) is 0 Å². The molecule has 1 aromatic rings. The number of esters is 1. The van der Waals surface area contributed by atoms with Crippen molar-refractivity contribution in [3.63, 3.8) is 0 Å². The lowest BCUT2D eigenvalue weighted by Gasteiger charge is -2.33. The predicted octanol–water partition coefficient (Wildman–Crippen LogP) is -1.12. The molecule has 5 N–H and O–H groups in total. The highest BCUT2D eigenvalue weighted by Gasteiger charge is 2.41. The van der Waals surface area contributed by atoms with Crippen LogP contribution in [0, 0.1) is 0 Å². The topological polar surface area (TPSA) is 195 Å². The van der Waals surface area contributed by atoms with Crippen molar-refractivity contribution in [2.75, 3.05) is 32.0 Å². The molecular formula is C23H25N5O9S. The number of nitrogens with one attached hydrogen (secondary N) is 3. The van der Waals surface area contributed by atoms with Crippen LogP contribution in [0.4, 0.5) is 4.79 Å². The number of carboxylic acid groups (broad SMARTS) is 1. The molecular weight excluding hydrogens is 522 g/mol. The number of carboxylic acids is 1. The van der Waals surface area contributed by atoms with Crippen LogP contribution in [0.2, 0.25) is 0 Å². The van der Waals surface area contributed by atoms with Crippen molar-refractivity contribution in [1.82, 2.24) is 25.8 Å². The number of thioether (sulfide) groups is 1. The van der Waals surface area contributed by atoms with E-state index in [9.17, 15) is 39.0 Å². The van der Waals surface area contributed by atoms with E-state index in [0.29, 0.717) is 22.8 Å². The zero-order valence-corrected chi connectivity index (χ0v) is 20.9. The van der Waals surface area contributed by atoms with Gasteiger partial charge in [-0.2, -0.15) is 0 Å². The summed E-state index contributed by atoms with van der Waals surface area (Å²) < 4.78 is 4.96. The van der Waals surface area contributed by atoms with E-state index in [0.717, 1.165) is 11.8 Å². The molecule has 4 rings (SSSR count). The highest BCUT2D eigenvalue weighted by molar-refractivity contribution is 8.00. The number of carbonyl (C=O) groups is 6. The lowest BCUT2D eigenvalue weighted by atomic mass is 10.1. The Kier molecular flexibility index (Phi) is 7.75. The molecule has 5 amide bonds. The molecule has 38 heavy (non-hydrogen) atoms. The maximum Gasteiger partial charge on any atom is 0.354 e. The van der Waals surface area contributed by atoms with Crippen LogP contribution < -0.4 is 16.0 Å². The number of cyclic esters (lactones) is 1. The highest BCUT2D eigenvalue weighted by atomic mass is 32.2. The van der Waals surface area contributed by atoms with Gasteiger partial charge in [0.05, 0.1) is 0 Å². The van der Waals surface area contributed by atoms with Crippen LogP contribution in [0.15, 0.2) is 35.5 Å². The average Bonchev–Trinajstić information content (AvgIpc) is 3.27. The number of imide groups is 1. The van der Waals surface area contributed by atoms with Gasteiger partial charge in [0.2, 0.25) is 5.91 Å². The monoisotopic (exact) mass is 547 g/mol. The van der Waals surface area contributed by atoms with Gasteiger partial charge in [0.15, 0.2) is 6.04 Å². The number of ether oxygens (including phenoxy) is 1. The van der Waals surface area contributed by atoms with E-state index < -0.39 is 53.1 Å². The molecule has 0 aliphatic carbocycles. The van der Waals surface area contributed by atoms with E-state index >= 15 is 0 Å². The van der Waals surface area contributed by atoms with E-state index in [1.807, 2.05) is 0 Å². The standard InChI is InChI=1S/C23H25N5O9S/c1-2-27-7-8-28(20(32)19(27)31)23(36)26-14(11-3-5-13(29)6-4-11)17(30)24-16(21(33)34)18-25-15-12(10-38-18)9-37-22(15)35/h3-6,14,16,18,25,29H,2,7-10H2,1H3,(H,24,30)(H,26,36)(H,33,34). The zero-order valence-electron chi connectivity index (χ0n) is 20.1. The van der Waals surface area contributed by atoms with Crippen LogP contribution in [-0.2, 0) is 28.7 Å². The molecule has 0 radical (unpaired) electrons. The second-order valence-corrected chi connectivity index (χ2v) is 9.70. The molecule has 3 atom stereocenters. The minimum absolute atomic E-state index is 0.0951. The maximum atomic E-state index is 13.4. The van der Waals surface area contributed by atoms with Gasteiger partial charge in [0.1, 0.15) is 29.5 Å². The number of carbonyl (C=O) groups excluding carboxylic acids is 5. The lowest BCUT2D eigenvalue weighted by Crippen LogP contribution is -2.60. The number of benzene rings is 1. The third kappa shape index (κ3) is 5.37. The van der Waals surface area contributed by atoms with Gasteiger partial charge in [-0.05, 0) is 24.6 Å². The Morgan fingerprint density at radius 3 is 2.50 bits per heavy atom. The summed E-state index contributed by atoms with van der Waals surface area (Å²) in [7, 11) is 0. The van der Waals surface area contributed by atoms with Crippen LogP contribution in [0.5, 0.6) is 5.75 Å². The number of rotatable bonds is 7. The number of nitrogens with zero attached hydrogens (tertiary/aromatic N) is 2. The third-order valence-corrected chi connectivity index (χ3v) is 7.48. The molecule has 3 unspecified atom stereocenters. The van der Waals surface area contributed by atoms with E-state index in [1.165, 1.54) is 29.2 Å². The average molecular weight is 548 g/mol. The first-order valence-electron chi connectivity index (χ1n) is 11.6. The molecule has 0 spiro atoms. The van der Waals surface area contributed by atoms with Crippen molar-refractivity contribution in [2.45, 2.75) is 24.4 Å². The van der Waals surface area contributed by atoms with Crippen LogP contribution >= 0.6 is 11.8 Å². The highest BCUT2D eigenvalue weighted by Crippen LogP contribution is 2.29. The summed E-state index contributed by atoms with van der Waals surface area (Å²) in [5.41, 5.74) is 1.02. The van der Waals surface area contributed by atoms with Crippen molar-refractivity contribution < 1.29 is 43.7 Å². The Morgan fingerprint density at radius 2 is 1.84 bits per heavy atom. The molecule has 3 heterocycles. The van der Waals surface area contributed by atoms with Crippen LogP contribution in [0.1, 0.15) is 18.5 Å². The van der Waals surface area contributed by atoms with Crippen molar-refractivity contribution in [3.05, 3.63) is 41.1 Å². The number of aromatic hydroxyl groups is 1. The minimum Gasteiger partial charge on any atom is -0.508 e. The summed E-state index contributed by atoms with van der Waals surface area (Å²) >= 11 is 1.16. The summed E-state index contributed by atoms with van der Waals surface area (Å²) in [6.45, 7) is 2.11. The van der Waals surface area contributed by atoms with E-state index in [2.05, 4.69) is 16.0 Å². The van der Waals surface area contributed by atoms with Gasteiger partial charge in [-0.15, -0.1) is 11.8 Å². The maximum absolute atomic E-state index is 13.4. The predicted molar refractivity (Wildman–Crippen MR) is 130 cm³/mol. The van der Waals surface area contributed by atoms with Crippen LogP contribution in [0.3, 0.4) is 0 Å². The molecule has 1 fully saturated rings. The lowest BCUT2D eigenvalue weighted by molar-refractivity contribution is -0.153. The Hall–Kier alpha value is -4.27. The molecule has 0 saturated carbocycles. The van der Waals surface area contributed by atoms with Crippen molar-refractivity contribution in [1.29, 1.82) is 0 Å². The Morgan fingerprint density at radius 1 is 1.13 bits per heavy atom. The van der Waals surface area contributed by atoms with Crippen molar-refractivity contribution in [3.8, 4) is 5.75 Å². The second-order valence-electron chi connectivity index (χ2n) is 8.57. The Balaban J connectivity index is 1.54. The summed E-state index contributed by atoms with van der Waals surface area (Å²) in [5, 5.41) is 26.2. The molecule has 0 bridgehead atoms. The fourth-order valence-corrected chi connectivity index (χ4v) is 5.30. The molecule has 1 aromatic carbocycles. The van der Waals surface area contributed by atoms with Gasteiger partial charge in [-0.25, -0.2) is 14.4 Å². The SMILES string of the molecule is CCN1CCN(C(=O)NC(C(=O)NC(C(=O)O)C2NC3=C(COC3=O)CS2)c2ccc(O)cc2)C(=O)C1=O. The molecule has 15 heteroatoms. The molecule has 0 aromatic heterocycles. The van der Waals surface area contributed by atoms with Gasteiger partial charge < -0.3 is 35.8 Å². The quantitative estimate of drug-likeness (QED) is 0.205. The van der Waals surface area contributed by atoms with Gasteiger partial charge in [0, 0.05) is 31.0 Å². The number of piperazine rings is 1. The molecule has 3 aliphatic heterocycles. The van der Waals surface area contributed by atoms with Crippen LogP contribution in [-0.4, -0.2) is 99.1 Å². The summed E-state index contributed by atoms with van der Waals surface area (Å²) in [6.07, 6.45) is 0.